The van der Waals surface area contributed by atoms with Crippen LogP contribution in [0.4, 0.5) is 4.39 Å². The number of aromatic amines is 1. The van der Waals surface area contributed by atoms with Gasteiger partial charge in [-0.15, -0.1) is 11.3 Å². The summed E-state index contributed by atoms with van der Waals surface area (Å²) in [5, 5.41) is 0.472. The van der Waals surface area contributed by atoms with E-state index in [0.29, 0.717) is 25.3 Å². The van der Waals surface area contributed by atoms with Gasteiger partial charge in [-0.05, 0) is 35.9 Å². The van der Waals surface area contributed by atoms with E-state index in [1.165, 1.54) is 18.2 Å². The van der Waals surface area contributed by atoms with Crippen LogP contribution in [-0.4, -0.2) is 10.8 Å². The number of carbonyl (C=O) groups excluding carboxylic acids is 1. The van der Waals surface area contributed by atoms with Crippen molar-refractivity contribution in [3.63, 3.8) is 0 Å². The first-order valence-corrected chi connectivity index (χ1v) is 8.19. The molecule has 3 nitrogen and oxygen atoms in total. The van der Waals surface area contributed by atoms with Gasteiger partial charge >= 0.3 is 0 Å². The maximum Gasteiger partial charge on any atom is 0.266 e. The molecular formula is C18H11ClFNO2S. The number of aromatic nitrogens is 1. The summed E-state index contributed by atoms with van der Waals surface area (Å²) in [5.74, 6) is -0.586. The van der Waals surface area contributed by atoms with E-state index in [1.807, 2.05) is 0 Å². The molecule has 6 heteroatoms. The van der Waals surface area contributed by atoms with Crippen LogP contribution in [0.5, 0.6) is 0 Å². The summed E-state index contributed by atoms with van der Waals surface area (Å²) in [4.78, 5) is 26.8. The summed E-state index contributed by atoms with van der Waals surface area (Å²) in [5.41, 5.74) is 0.853. The van der Waals surface area contributed by atoms with E-state index >= 15 is 0 Å². The van der Waals surface area contributed by atoms with Crippen molar-refractivity contribution in [2.24, 2.45) is 0 Å². The maximum absolute atomic E-state index is 12.9. The van der Waals surface area contributed by atoms with Crippen LogP contribution in [0, 0.1) is 5.82 Å². The second-order valence-electron chi connectivity index (χ2n) is 5.00. The van der Waals surface area contributed by atoms with Crippen LogP contribution in [0.1, 0.15) is 15.9 Å². The van der Waals surface area contributed by atoms with E-state index in [2.05, 4.69) is 4.98 Å². The van der Waals surface area contributed by atoms with Gasteiger partial charge in [-0.2, -0.15) is 0 Å². The second kappa shape index (κ2) is 6.95. The van der Waals surface area contributed by atoms with Crippen LogP contribution in [0.3, 0.4) is 0 Å². The highest BCUT2D eigenvalue weighted by atomic mass is 35.5. The number of carbonyl (C=O) groups is 1. The normalized spacial score (nSPS) is 12.6. The highest BCUT2D eigenvalue weighted by molar-refractivity contribution is 7.07. The van der Waals surface area contributed by atoms with Gasteiger partial charge in [0.15, 0.2) is 5.78 Å². The summed E-state index contributed by atoms with van der Waals surface area (Å²) < 4.78 is 13.8. The van der Waals surface area contributed by atoms with Gasteiger partial charge in [0, 0.05) is 16.7 Å². The lowest BCUT2D eigenvalue weighted by Crippen LogP contribution is -2.20. The number of Topliss-reactive ketones (excluding diaryl/α,β-unsaturated/α-hetero) is 1. The topological polar surface area (TPSA) is 49.9 Å². The predicted molar refractivity (Wildman–Crippen MR) is 94.4 cm³/mol. The van der Waals surface area contributed by atoms with Crippen LogP contribution >= 0.6 is 22.9 Å². The summed E-state index contributed by atoms with van der Waals surface area (Å²) in [6.45, 7) is 0. The van der Waals surface area contributed by atoms with Gasteiger partial charge < -0.3 is 4.98 Å². The van der Waals surface area contributed by atoms with E-state index in [0.717, 1.165) is 11.3 Å². The molecule has 0 saturated carbocycles. The highest BCUT2D eigenvalue weighted by Gasteiger charge is 2.04. The zero-order chi connectivity index (χ0) is 17.1. The number of H-pyrrole nitrogens is 1. The fourth-order valence-corrected chi connectivity index (χ4v) is 3.15. The molecule has 0 atom stereocenters. The molecule has 0 unspecified atom stereocenters. The summed E-state index contributed by atoms with van der Waals surface area (Å²) in [7, 11) is 0. The van der Waals surface area contributed by atoms with Crippen molar-refractivity contribution >= 4 is 40.9 Å². The van der Waals surface area contributed by atoms with E-state index in [4.69, 9.17) is 11.6 Å². The summed E-state index contributed by atoms with van der Waals surface area (Å²) in [6, 6.07) is 12.4. The molecule has 1 aromatic heterocycles. The Labute approximate surface area is 145 Å². The summed E-state index contributed by atoms with van der Waals surface area (Å²) >= 11 is 7.03. The SMILES string of the molecule is O=C(/C=c1/[nH]c(=O)/c(=C/c2ccc(F)cc2)s1)c1cccc(Cl)c1. The number of rotatable bonds is 3. The smallest absolute Gasteiger partial charge is 0.266 e. The Kier molecular flexibility index (Phi) is 4.74. The molecule has 0 bridgehead atoms. The molecule has 3 aromatic rings. The van der Waals surface area contributed by atoms with Crippen molar-refractivity contribution in [1.82, 2.24) is 4.98 Å². The lowest BCUT2D eigenvalue weighted by Gasteiger charge is -1.95. The molecule has 2 aromatic carbocycles. The quantitative estimate of drug-likeness (QED) is 0.731. The van der Waals surface area contributed by atoms with Crippen LogP contribution in [0.25, 0.3) is 12.2 Å². The Hall–Kier alpha value is -2.50. The fourth-order valence-electron chi connectivity index (χ4n) is 2.08. The average Bonchev–Trinajstić information content (AvgIpc) is 2.89. The molecule has 0 fully saturated rings. The molecule has 1 heterocycles. The predicted octanol–water partition coefficient (Wildman–Crippen LogP) is 2.72. The minimum atomic E-state index is -0.339. The van der Waals surface area contributed by atoms with Gasteiger partial charge in [0.05, 0.1) is 9.20 Å². The van der Waals surface area contributed by atoms with Crippen molar-refractivity contribution in [3.05, 3.63) is 90.0 Å². The third-order valence-corrected chi connectivity index (χ3v) is 4.42. The molecule has 3 rings (SSSR count). The van der Waals surface area contributed by atoms with Crippen LogP contribution < -0.4 is 14.8 Å². The zero-order valence-corrected chi connectivity index (χ0v) is 13.8. The average molecular weight is 360 g/mol. The molecule has 0 aliphatic heterocycles. The number of halogens is 2. The first kappa shape index (κ1) is 16.4. The minimum absolute atomic E-state index is 0.247. The van der Waals surface area contributed by atoms with Crippen molar-refractivity contribution in [2.45, 2.75) is 0 Å². The molecule has 1 N–H and O–H groups in total. The van der Waals surface area contributed by atoms with E-state index in [-0.39, 0.29) is 17.2 Å². The molecule has 24 heavy (non-hydrogen) atoms. The maximum atomic E-state index is 12.9. The van der Waals surface area contributed by atoms with Crippen LogP contribution in [-0.2, 0) is 0 Å². The molecule has 0 radical (unpaired) electrons. The number of benzene rings is 2. The molecule has 0 amide bonds. The van der Waals surface area contributed by atoms with Gasteiger partial charge in [0.25, 0.3) is 5.56 Å². The third-order valence-electron chi connectivity index (χ3n) is 3.22. The van der Waals surface area contributed by atoms with Gasteiger partial charge in [-0.25, -0.2) is 4.39 Å². The Morgan fingerprint density at radius 2 is 1.92 bits per heavy atom. The number of nitrogens with one attached hydrogen (secondary N) is 1. The lowest BCUT2D eigenvalue weighted by molar-refractivity contribution is 0.106. The van der Waals surface area contributed by atoms with Crippen molar-refractivity contribution in [1.29, 1.82) is 0 Å². The van der Waals surface area contributed by atoms with Crippen molar-refractivity contribution < 1.29 is 9.18 Å². The van der Waals surface area contributed by atoms with E-state index in [1.54, 1.807) is 42.5 Å². The van der Waals surface area contributed by atoms with Gasteiger partial charge in [-0.1, -0.05) is 35.9 Å². The molecular weight excluding hydrogens is 349 g/mol. The lowest BCUT2D eigenvalue weighted by atomic mass is 10.1. The molecule has 0 aliphatic rings. The largest absolute Gasteiger partial charge is 0.313 e. The van der Waals surface area contributed by atoms with Crippen LogP contribution in [0.2, 0.25) is 5.02 Å². The second-order valence-corrected chi connectivity index (χ2v) is 6.52. The standard InChI is InChI=1S/C18H11ClFNO2S/c19-13-3-1-2-12(9-13)15(22)10-17-21-18(23)16(24-17)8-11-4-6-14(20)7-5-11/h1-10H,(H,21,23)/b16-8-,17-10-. The molecule has 0 aliphatic carbocycles. The van der Waals surface area contributed by atoms with Gasteiger partial charge in [0.1, 0.15) is 5.82 Å². The number of ketones is 1. The molecule has 0 spiro atoms. The van der Waals surface area contributed by atoms with Gasteiger partial charge in [-0.3, -0.25) is 9.59 Å². The Balaban J connectivity index is 1.98. The Morgan fingerprint density at radius 1 is 1.17 bits per heavy atom. The fraction of sp³-hybridized carbons (Fsp3) is 0. The first-order chi connectivity index (χ1) is 11.5. The first-order valence-electron chi connectivity index (χ1n) is 6.99. The van der Waals surface area contributed by atoms with Gasteiger partial charge in [0.2, 0.25) is 0 Å². The summed E-state index contributed by atoms with van der Waals surface area (Å²) in [6.07, 6.45) is 3.00. The molecule has 120 valence electrons. The van der Waals surface area contributed by atoms with Crippen molar-refractivity contribution in [3.8, 4) is 0 Å². The highest BCUT2D eigenvalue weighted by Crippen LogP contribution is 2.11. The third kappa shape index (κ3) is 3.88. The number of thiazole rings is 1. The van der Waals surface area contributed by atoms with Crippen LogP contribution in [0.15, 0.2) is 53.3 Å². The van der Waals surface area contributed by atoms with E-state index in [9.17, 15) is 14.0 Å². The molecule has 0 saturated heterocycles. The minimum Gasteiger partial charge on any atom is -0.313 e. The van der Waals surface area contributed by atoms with Crippen molar-refractivity contribution in [2.75, 3.05) is 0 Å². The number of hydrogen-bond acceptors (Lipinski definition) is 3. The number of hydrogen-bond donors (Lipinski definition) is 1. The van der Waals surface area contributed by atoms with E-state index < -0.39 is 0 Å². The monoisotopic (exact) mass is 359 g/mol. The zero-order valence-electron chi connectivity index (χ0n) is 12.3. The Morgan fingerprint density at radius 3 is 2.62 bits per heavy atom. The Bertz CT molecular complexity index is 1070.